The fourth-order valence-corrected chi connectivity index (χ4v) is 2.73. The zero-order valence-corrected chi connectivity index (χ0v) is 14.1. The topological polar surface area (TPSA) is 76.5 Å². The standard InChI is InChI=1S/C16H15Cl2NO4/c1-3-8(4-2)16(22)23-13-5-9-10(17)6-11(18)15(21)14(9)19-12(13)7-20/h5-8,21H,3-4H2,1-2H3. The average Bonchev–Trinajstić information content (AvgIpc) is 2.53. The van der Waals surface area contributed by atoms with Gasteiger partial charge in [-0.2, -0.15) is 0 Å². The molecule has 0 radical (unpaired) electrons. The normalized spacial score (nSPS) is 11.0. The number of hydrogen-bond acceptors (Lipinski definition) is 5. The predicted octanol–water partition coefficient (Wildman–Crippen LogP) is 4.40. The molecule has 0 saturated heterocycles. The predicted molar refractivity (Wildman–Crippen MR) is 88.5 cm³/mol. The molecular weight excluding hydrogens is 341 g/mol. The number of pyridine rings is 1. The van der Waals surface area contributed by atoms with Gasteiger partial charge in [-0.25, -0.2) is 4.98 Å². The van der Waals surface area contributed by atoms with Crippen LogP contribution in [0.1, 0.15) is 37.2 Å². The highest BCUT2D eigenvalue weighted by Crippen LogP contribution is 2.38. The Labute approximate surface area is 143 Å². The highest BCUT2D eigenvalue weighted by Gasteiger charge is 2.21. The fraction of sp³-hybridized carbons (Fsp3) is 0.312. The number of benzene rings is 1. The summed E-state index contributed by atoms with van der Waals surface area (Å²) >= 11 is 11.9. The van der Waals surface area contributed by atoms with Crippen molar-refractivity contribution in [3.63, 3.8) is 0 Å². The lowest BCUT2D eigenvalue weighted by molar-refractivity contribution is -0.139. The third-order valence-electron chi connectivity index (χ3n) is 3.62. The number of phenolic OH excluding ortho intramolecular Hbond substituents is 1. The van der Waals surface area contributed by atoms with Crippen LogP contribution in [-0.2, 0) is 4.79 Å². The summed E-state index contributed by atoms with van der Waals surface area (Å²) in [6, 6.07) is 2.76. The quantitative estimate of drug-likeness (QED) is 0.635. The van der Waals surface area contributed by atoms with Gasteiger partial charge in [0.15, 0.2) is 17.8 Å². The maximum Gasteiger partial charge on any atom is 0.314 e. The molecule has 0 spiro atoms. The molecule has 1 N–H and O–H groups in total. The van der Waals surface area contributed by atoms with Crippen molar-refractivity contribution in [3.8, 4) is 11.5 Å². The summed E-state index contributed by atoms with van der Waals surface area (Å²) in [6.07, 6.45) is 1.71. The number of carbonyl (C=O) groups excluding carboxylic acids is 2. The third-order valence-corrected chi connectivity index (χ3v) is 4.22. The van der Waals surface area contributed by atoms with E-state index in [0.29, 0.717) is 24.5 Å². The number of rotatable bonds is 5. The van der Waals surface area contributed by atoms with Crippen molar-refractivity contribution < 1.29 is 19.4 Å². The lowest BCUT2D eigenvalue weighted by atomic mass is 10.0. The van der Waals surface area contributed by atoms with E-state index in [0.717, 1.165) is 0 Å². The Bertz CT molecular complexity index is 772. The van der Waals surface area contributed by atoms with Gasteiger partial charge in [-0.3, -0.25) is 9.59 Å². The second-order valence-corrected chi connectivity index (χ2v) is 5.82. The molecule has 0 fully saturated rings. The highest BCUT2D eigenvalue weighted by atomic mass is 35.5. The number of nitrogens with zero attached hydrogens (tertiary/aromatic N) is 1. The maximum absolute atomic E-state index is 12.1. The Kier molecular flexibility index (Phi) is 5.44. The Morgan fingerprint density at radius 3 is 2.52 bits per heavy atom. The molecule has 23 heavy (non-hydrogen) atoms. The van der Waals surface area contributed by atoms with Gasteiger partial charge < -0.3 is 9.84 Å². The van der Waals surface area contributed by atoms with Gasteiger partial charge in [0.1, 0.15) is 11.2 Å². The number of phenols is 1. The first-order valence-electron chi connectivity index (χ1n) is 7.11. The average molecular weight is 356 g/mol. The van der Waals surface area contributed by atoms with Crippen LogP contribution < -0.4 is 4.74 Å². The Morgan fingerprint density at radius 1 is 1.30 bits per heavy atom. The van der Waals surface area contributed by atoms with E-state index in [1.54, 1.807) is 0 Å². The lowest BCUT2D eigenvalue weighted by Crippen LogP contribution is -2.20. The fourth-order valence-electron chi connectivity index (χ4n) is 2.22. The number of fused-ring (bicyclic) bond motifs is 1. The second-order valence-electron chi connectivity index (χ2n) is 5.01. The van der Waals surface area contributed by atoms with Crippen LogP contribution in [0.2, 0.25) is 10.0 Å². The number of halogens is 2. The van der Waals surface area contributed by atoms with Gasteiger partial charge in [0.25, 0.3) is 0 Å². The maximum atomic E-state index is 12.1. The lowest BCUT2D eigenvalue weighted by Gasteiger charge is -2.14. The molecule has 5 nitrogen and oxygen atoms in total. The zero-order valence-electron chi connectivity index (χ0n) is 12.6. The van der Waals surface area contributed by atoms with Crippen molar-refractivity contribution in [1.29, 1.82) is 0 Å². The van der Waals surface area contributed by atoms with E-state index in [1.807, 2.05) is 13.8 Å². The van der Waals surface area contributed by atoms with E-state index in [4.69, 9.17) is 27.9 Å². The van der Waals surface area contributed by atoms with Crippen molar-refractivity contribution in [1.82, 2.24) is 4.98 Å². The molecular formula is C16H15Cl2NO4. The van der Waals surface area contributed by atoms with Crippen molar-refractivity contribution in [2.24, 2.45) is 5.92 Å². The van der Waals surface area contributed by atoms with E-state index in [1.165, 1.54) is 12.1 Å². The van der Waals surface area contributed by atoms with Crippen LogP contribution in [-0.4, -0.2) is 22.3 Å². The van der Waals surface area contributed by atoms with Crippen LogP contribution in [0.25, 0.3) is 10.9 Å². The van der Waals surface area contributed by atoms with Gasteiger partial charge >= 0.3 is 5.97 Å². The number of aromatic hydroxyl groups is 1. The van der Waals surface area contributed by atoms with E-state index < -0.39 is 5.97 Å². The summed E-state index contributed by atoms with van der Waals surface area (Å²) in [5, 5.41) is 10.6. The molecule has 0 saturated carbocycles. The highest BCUT2D eigenvalue weighted by molar-refractivity contribution is 6.39. The van der Waals surface area contributed by atoms with Gasteiger partial charge in [0.2, 0.25) is 0 Å². The van der Waals surface area contributed by atoms with Gasteiger partial charge in [-0.05, 0) is 25.0 Å². The third kappa shape index (κ3) is 3.41. The first kappa shape index (κ1) is 17.5. The first-order valence-corrected chi connectivity index (χ1v) is 7.87. The number of aldehydes is 1. The smallest absolute Gasteiger partial charge is 0.314 e. The molecule has 1 heterocycles. The largest absolute Gasteiger partial charge is 0.504 e. The molecule has 122 valence electrons. The van der Waals surface area contributed by atoms with E-state index in [-0.39, 0.29) is 38.7 Å². The van der Waals surface area contributed by atoms with Crippen molar-refractivity contribution >= 4 is 46.4 Å². The SMILES string of the molecule is CCC(CC)C(=O)Oc1cc2c(Cl)cc(Cl)c(O)c2nc1C=O. The Hall–Kier alpha value is -1.85. The molecule has 0 bridgehead atoms. The second kappa shape index (κ2) is 7.15. The van der Waals surface area contributed by atoms with Crippen LogP contribution in [0.15, 0.2) is 12.1 Å². The summed E-state index contributed by atoms with van der Waals surface area (Å²) in [6.45, 7) is 3.76. The number of hydrogen-bond donors (Lipinski definition) is 1. The zero-order chi connectivity index (χ0) is 17.1. The van der Waals surface area contributed by atoms with Gasteiger partial charge in [-0.1, -0.05) is 37.0 Å². The number of aromatic nitrogens is 1. The first-order chi connectivity index (χ1) is 10.9. The van der Waals surface area contributed by atoms with Crippen LogP contribution in [0, 0.1) is 5.92 Å². The molecule has 1 aromatic carbocycles. The minimum atomic E-state index is -0.437. The molecule has 0 amide bonds. The van der Waals surface area contributed by atoms with Gasteiger partial charge in [-0.15, -0.1) is 0 Å². The molecule has 2 aromatic rings. The summed E-state index contributed by atoms with van der Waals surface area (Å²) in [7, 11) is 0. The van der Waals surface area contributed by atoms with E-state index in [2.05, 4.69) is 4.98 Å². The Morgan fingerprint density at radius 2 is 1.96 bits per heavy atom. The van der Waals surface area contributed by atoms with E-state index >= 15 is 0 Å². The Balaban J connectivity index is 2.56. The van der Waals surface area contributed by atoms with Crippen LogP contribution in [0.3, 0.4) is 0 Å². The van der Waals surface area contributed by atoms with Gasteiger partial charge in [0.05, 0.1) is 16.0 Å². The molecule has 0 aliphatic carbocycles. The molecule has 0 atom stereocenters. The summed E-state index contributed by atoms with van der Waals surface area (Å²) in [4.78, 5) is 27.4. The number of ether oxygens (including phenoxy) is 1. The van der Waals surface area contributed by atoms with E-state index in [9.17, 15) is 14.7 Å². The molecule has 0 unspecified atom stereocenters. The number of esters is 1. The van der Waals surface area contributed by atoms with Crippen LogP contribution in [0.5, 0.6) is 11.5 Å². The van der Waals surface area contributed by atoms with Crippen molar-refractivity contribution in [2.45, 2.75) is 26.7 Å². The number of carbonyl (C=O) groups is 2. The van der Waals surface area contributed by atoms with Crippen molar-refractivity contribution in [2.75, 3.05) is 0 Å². The summed E-state index contributed by atoms with van der Waals surface area (Å²) in [5.41, 5.74) is -0.0302. The molecule has 1 aromatic heterocycles. The minimum Gasteiger partial charge on any atom is -0.504 e. The minimum absolute atomic E-state index is 0.00743. The molecule has 7 heteroatoms. The molecule has 0 aliphatic rings. The van der Waals surface area contributed by atoms with Gasteiger partial charge in [0, 0.05) is 5.39 Å². The molecule has 0 aliphatic heterocycles. The molecule has 2 rings (SSSR count). The monoisotopic (exact) mass is 355 g/mol. The van der Waals surface area contributed by atoms with Crippen molar-refractivity contribution in [3.05, 3.63) is 27.9 Å². The van der Waals surface area contributed by atoms with Crippen LogP contribution in [0.4, 0.5) is 0 Å². The summed E-state index contributed by atoms with van der Waals surface area (Å²) < 4.78 is 5.31. The summed E-state index contributed by atoms with van der Waals surface area (Å²) in [5.74, 6) is -0.979. The van der Waals surface area contributed by atoms with Crippen LogP contribution >= 0.6 is 23.2 Å².